The van der Waals surface area contributed by atoms with E-state index in [1.54, 1.807) is 0 Å². The van der Waals surface area contributed by atoms with Gasteiger partial charge in [-0.1, -0.05) is 18.2 Å². The summed E-state index contributed by atoms with van der Waals surface area (Å²) in [6.45, 7) is 7.24. The molecule has 2 aliphatic rings. The molecular weight excluding hydrogens is 362 g/mol. The van der Waals surface area contributed by atoms with E-state index in [9.17, 15) is 4.79 Å². The number of likely N-dealkylation sites (tertiary alicyclic amines) is 1. The zero-order valence-electron chi connectivity index (χ0n) is 17.0. The van der Waals surface area contributed by atoms with Crippen molar-refractivity contribution in [3.05, 3.63) is 58.5 Å². The van der Waals surface area contributed by atoms with Gasteiger partial charge in [-0.05, 0) is 69.1 Å². The first-order chi connectivity index (χ1) is 14.2. The first-order valence-electron chi connectivity index (χ1n) is 10.7. The second-order valence-corrected chi connectivity index (χ2v) is 8.39. The number of benzene rings is 2. The number of H-pyrrole nitrogens is 1. The van der Waals surface area contributed by atoms with E-state index < -0.39 is 0 Å². The van der Waals surface area contributed by atoms with Crippen molar-refractivity contribution in [3.8, 4) is 0 Å². The summed E-state index contributed by atoms with van der Waals surface area (Å²) in [4.78, 5) is 20.5. The third-order valence-electron chi connectivity index (χ3n) is 6.33. The Kier molecular flexibility index (Phi) is 4.79. The zero-order chi connectivity index (χ0) is 19.8. The van der Waals surface area contributed by atoms with Crippen molar-refractivity contribution in [2.45, 2.75) is 32.2 Å². The van der Waals surface area contributed by atoms with E-state index in [1.165, 1.54) is 16.9 Å². The molecule has 152 valence electrons. The van der Waals surface area contributed by atoms with Crippen LogP contribution in [0.4, 0.5) is 11.4 Å². The highest BCUT2D eigenvalue weighted by molar-refractivity contribution is 5.76. The molecule has 2 aromatic carbocycles. The van der Waals surface area contributed by atoms with E-state index in [4.69, 9.17) is 0 Å². The molecule has 1 aromatic heterocycles. The first kappa shape index (κ1) is 18.3. The third-order valence-corrected chi connectivity index (χ3v) is 6.33. The topological polar surface area (TPSA) is 56.3 Å². The lowest BCUT2D eigenvalue weighted by molar-refractivity contribution is 0.176. The number of piperidine rings is 1. The van der Waals surface area contributed by atoms with Crippen molar-refractivity contribution < 1.29 is 0 Å². The Bertz CT molecular complexity index is 1070. The monoisotopic (exact) mass is 391 g/mol. The van der Waals surface area contributed by atoms with Gasteiger partial charge >= 0.3 is 5.69 Å². The molecule has 1 unspecified atom stereocenters. The van der Waals surface area contributed by atoms with Crippen LogP contribution in [0.1, 0.15) is 30.9 Å². The van der Waals surface area contributed by atoms with E-state index in [0.717, 1.165) is 63.1 Å². The molecule has 3 heterocycles. The number of aromatic nitrogens is 2. The van der Waals surface area contributed by atoms with Crippen LogP contribution in [0.3, 0.4) is 0 Å². The number of fused-ring (bicyclic) bond motifs is 2. The Morgan fingerprint density at radius 2 is 2.03 bits per heavy atom. The Hall–Kier alpha value is -2.73. The van der Waals surface area contributed by atoms with Gasteiger partial charge in [0, 0.05) is 13.1 Å². The second-order valence-electron chi connectivity index (χ2n) is 8.39. The van der Waals surface area contributed by atoms with Crippen LogP contribution < -0.4 is 15.9 Å². The molecule has 1 fully saturated rings. The lowest BCUT2D eigenvalue weighted by Gasteiger charge is -2.33. The van der Waals surface area contributed by atoms with Gasteiger partial charge in [-0.2, -0.15) is 0 Å². The maximum Gasteiger partial charge on any atom is 0.326 e. The average Bonchev–Trinajstić information content (AvgIpc) is 3.27. The second kappa shape index (κ2) is 7.59. The molecule has 5 rings (SSSR count). The van der Waals surface area contributed by atoms with Crippen molar-refractivity contribution in [2.24, 2.45) is 0 Å². The molecule has 0 saturated carbocycles. The van der Waals surface area contributed by atoms with Crippen molar-refractivity contribution in [1.29, 1.82) is 0 Å². The molecule has 29 heavy (non-hydrogen) atoms. The fourth-order valence-electron chi connectivity index (χ4n) is 4.90. The minimum atomic E-state index is 0.0214. The number of hydrogen-bond donors (Lipinski definition) is 2. The smallest absolute Gasteiger partial charge is 0.326 e. The normalized spacial score (nSPS) is 19.5. The molecule has 1 saturated heterocycles. The number of nitrogens with zero attached hydrogens (tertiary/aromatic N) is 3. The van der Waals surface area contributed by atoms with E-state index >= 15 is 0 Å². The lowest BCUT2D eigenvalue weighted by atomic mass is 10.0. The average molecular weight is 392 g/mol. The maximum absolute atomic E-state index is 12.5. The number of rotatable bonds is 5. The highest BCUT2D eigenvalue weighted by Gasteiger charge is 2.24. The summed E-state index contributed by atoms with van der Waals surface area (Å²) in [5.41, 5.74) is 5.85. The summed E-state index contributed by atoms with van der Waals surface area (Å²) < 4.78 is 1.98. The SMILES string of the molecule is Cc1ccc2c(c1)NCN2CCCN1CCCC(n2c(=O)[nH]c3ccccc32)C1. The number of aryl methyl sites for hydroxylation is 1. The van der Waals surface area contributed by atoms with Crippen LogP contribution in [0.15, 0.2) is 47.3 Å². The van der Waals surface area contributed by atoms with Gasteiger partial charge in [-0.15, -0.1) is 0 Å². The van der Waals surface area contributed by atoms with Gasteiger partial charge < -0.3 is 20.1 Å². The molecule has 0 spiro atoms. The van der Waals surface area contributed by atoms with Gasteiger partial charge in [0.1, 0.15) is 0 Å². The molecule has 0 amide bonds. The predicted octanol–water partition coefficient (Wildman–Crippen LogP) is 3.55. The van der Waals surface area contributed by atoms with E-state index in [1.807, 2.05) is 28.8 Å². The van der Waals surface area contributed by atoms with Crippen molar-refractivity contribution in [3.63, 3.8) is 0 Å². The number of para-hydroxylation sites is 2. The molecule has 2 aliphatic heterocycles. The van der Waals surface area contributed by atoms with E-state index in [2.05, 4.69) is 45.2 Å². The van der Waals surface area contributed by atoms with E-state index in [0.29, 0.717) is 0 Å². The molecular formula is C23H29N5O. The number of aromatic amines is 1. The van der Waals surface area contributed by atoms with Gasteiger partial charge in [0.2, 0.25) is 0 Å². The molecule has 3 aromatic rings. The Morgan fingerprint density at radius 1 is 1.14 bits per heavy atom. The van der Waals surface area contributed by atoms with Gasteiger partial charge in [0.25, 0.3) is 0 Å². The summed E-state index contributed by atoms with van der Waals surface area (Å²) in [5, 5.41) is 3.50. The molecule has 0 aliphatic carbocycles. The Morgan fingerprint density at radius 3 is 2.97 bits per heavy atom. The molecule has 1 atom stereocenters. The highest BCUT2D eigenvalue weighted by atomic mass is 16.1. The predicted molar refractivity (Wildman–Crippen MR) is 119 cm³/mol. The quantitative estimate of drug-likeness (QED) is 0.698. The third kappa shape index (κ3) is 3.53. The first-order valence-corrected chi connectivity index (χ1v) is 10.7. The summed E-state index contributed by atoms with van der Waals surface area (Å²) >= 11 is 0. The molecule has 0 bridgehead atoms. The number of hydrogen-bond acceptors (Lipinski definition) is 4. The van der Waals surface area contributed by atoms with Crippen LogP contribution in [0, 0.1) is 6.92 Å². The van der Waals surface area contributed by atoms with Crippen molar-refractivity contribution in [1.82, 2.24) is 14.5 Å². The fourth-order valence-corrected chi connectivity index (χ4v) is 4.90. The Labute approximate surface area is 171 Å². The summed E-state index contributed by atoms with van der Waals surface area (Å²) in [7, 11) is 0. The largest absolute Gasteiger partial charge is 0.366 e. The molecule has 6 heteroatoms. The van der Waals surface area contributed by atoms with Gasteiger partial charge in [0.15, 0.2) is 0 Å². The number of anilines is 2. The van der Waals surface area contributed by atoms with Crippen LogP contribution >= 0.6 is 0 Å². The minimum Gasteiger partial charge on any atom is -0.366 e. The lowest BCUT2D eigenvalue weighted by Crippen LogP contribution is -2.40. The van der Waals surface area contributed by atoms with Crippen molar-refractivity contribution in [2.75, 3.05) is 43.1 Å². The van der Waals surface area contributed by atoms with Gasteiger partial charge in [-0.3, -0.25) is 4.57 Å². The molecule has 6 nitrogen and oxygen atoms in total. The standard InChI is InChI=1S/C23H29N5O/c1-17-9-10-21-20(14-17)24-16-27(21)13-5-12-26-11-4-6-18(15-26)28-22-8-3-2-7-19(22)25-23(28)29/h2-3,7-10,14,18,24H,4-6,11-13,15-16H2,1H3,(H,25,29). The number of nitrogens with one attached hydrogen (secondary N) is 2. The van der Waals surface area contributed by atoms with Gasteiger partial charge in [-0.25, -0.2) is 4.79 Å². The minimum absolute atomic E-state index is 0.0214. The maximum atomic E-state index is 12.5. The van der Waals surface area contributed by atoms with Crippen LogP contribution in [-0.2, 0) is 0 Å². The zero-order valence-corrected chi connectivity index (χ0v) is 17.0. The molecule has 2 N–H and O–H groups in total. The molecule has 0 radical (unpaired) electrons. The highest BCUT2D eigenvalue weighted by Crippen LogP contribution is 2.32. The Balaban J connectivity index is 1.21. The van der Waals surface area contributed by atoms with Crippen LogP contribution in [-0.4, -0.2) is 47.3 Å². The summed E-state index contributed by atoms with van der Waals surface area (Å²) in [6.07, 6.45) is 3.34. The van der Waals surface area contributed by atoms with E-state index in [-0.39, 0.29) is 11.7 Å². The fraction of sp³-hybridized carbons (Fsp3) is 0.435. The van der Waals surface area contributed by atoms with Crippen LogP contribution in [0.2, 0.25) is 0 Å². The summed E-state index contributed by atoms with van der Waals surface area (Å²) in [6, 6.07) is 14.9. The summed E-state index contributed by atoms with van der Waals surface area (Å²) in [5.74, 6) is 0. The van der Waals surface area contributed by atoms with Gasteiger partial charge in [0.05, 0.1) is 35.1 Å². The number of imidazole rings is 1. The van der Waals surface area contributed by atoms with Crippen molar-refractivity contribution >= 4 is 22.4 Å². The van der Waals surface area contributed by atoms with Crippen LogP contribution in [0.5, 0.6) is 0 Å². The van der Waals surface area contributed by atoms with Crippen LogP contribution in [0.25, 0.3) is 11.0 Å².